The van der Waals surface area contributed by atoms with Crippen LogP contribution in [0.5, 0.6) is 0 Å². The van der Waals surface area contributed by atoms with E-state index in [1.165, 1.54) is 0 Å². The summed E-state index contributed by atoms with van der Waals surface area (Å²) in [5.41, 5.74) is 2.36. The Morgan fingerprint density at radius 2 is 2.22 bits per heavy atom. The molecule has 0 spiro atoms. The van der Waals surface area contributed by atoms with E-state index in [0.29, 0.717) is 0 Å². The lowest BCUT2D eigenvalue weighted by atomic mass is 10.2. The van der Waals surface area contributed by atoms with Gasteiger partial charge in [0.1, 0.15) is 0 Å². The van der Waals surface area contributed by atoms with Gasteiger partial charge in [0.05, 0.1) is 0 Å². The van der Waals surface area contributed by atoms with Crippen molar-refractivity contribution in [1.29, 1.82) is 0 Å². The van der Waals surface area contributed by atoms with Crippen molar-refractivity contribution in [1.82, 2.24) is 5.43 Å². The summed E-state index contributed by atoms with van der Waals surface area (Å²) in [4.78, 5) is 10.7. The highest BCUT2D eigenvalue weighted by atomic mass is 16.2. The minimum absolute atomic E-state index is 0.00806. The van der Waals surface area contributed by atoms with Crippen LogP contribution in [0.3, 0.4) is 0 Å². The minimum atomic E-state index is -0.0481. The van der Waals surface area contributed by atoms with Crippen LogP contribution in [0.4, 0.5) is 0 Å². The molecule has 0 rings (SSSR count). The minimum Gasteiger partial charge on any atom is -0.273 e. The van der Waals surface area contributed by atoms with Crippen molar-refractivity contribution in [2.45, 2.75) is 20.8 Å². The van der Waals surface area contributed by atoms with Crippen LogP contribution in [0.1, 0.15) is 20.8 Å². The largest absolute Gasteiger partial charge is 0.273 e. The van der Waals surface area contributed by atoms with E-state index in [2.05, 4.69) is 10.5 Å². The number of rotatable bonds is 2. The summed E-state index contributed by atoms with van der Waals surface area (Å²) in [6.07, 6.45) is 1.54. The van der Waals surface area contributed by atoms with E-state index in [9.17, 15) is 4.79 Å². The summed E-state index contributed by atoms with van der Waals surface area (Å²) in [6, 6.07) is 0. The molecule has 3 heteroatoms. The van der Waals surface area contributed by atoms with Crippen molar-refractivity contribution in [3.63, 3.8) is 0 Å². The van der Waals surface area contributed by atoms with Crippen LogP contribution in [0.15, 0.2) is 5.10 Å². The molecule has 0 unspecified atom stereocenters. The molecule has 0 heterocycles. The predicted octanol–water partition coefficient (Wildman–Crippen LogP) is 0.764. The monoisotopic (exact) mass is 128 g/mol. The van der Waals surface area contributed by atoms with Crippen LogP contribution in [0.25, 0.3) is 0 Å². The predicted molar refractivity (Wildman–Crippen MR) is 37.1 cm³/mol. The van der Waals surface area contributed by atoms with Crippen LogP contribution in [-0.2, 0) is 4.79 Å². The van der Waals surface area contributed by atoms with Gasteiger partial charge in [0, 0.05) is 12.1 Å². The number of hydrogen-bond donors (Lipinski definition) is 1. The Hall–Kier alpha value is -0.860. The van der Waals surface area contributed by atoms with Gasteiger partial charge in [-0.25, -0.2) is 5.43 Å². The third-order valence-corrected chi connectivity index (χ3v) is 0.828. The fourth-order valence-corrected chi connectivity index (χ4v) is 0.257. The summed E-state index contributed by atoms with van der Waals surface area (Å²) < 4.78 is 0. The maximum absolute atomic E-state index is 10.7. The molecule has 3 nitrogen and oxygen atoms in total. The van der Waals surface area contributed by atoms with Gasteiger partial charge in [-0.1, -0.05) is 13.8 Å². The number of carbonyl (C=O) groups excluding carboxylic acids is 1. The third-order valence-electron chi connectivity index (χ3n) is 0.828. The average molecular weight is 128 g/mol. The second-order valence-corrected chi connectivity index (χ2v) is 2.02. The van der Waals surface area contributed by atoms with Gasteiger partial charge in [0.25, 0.3) is 0 Å². The molecule has 52 valence electrons. The Labute approximate surface area is 55.1 Å². The number of amides is 1. The molecule has 1 amide bonds. The first-order chi connectivity index (χ1) is 4.18. The van der Waals surface area contributed by atoms with Crippen LogP contribution < -0.4 is 5.43 Å². The average Bonchev–Trinajstić information content (AvgIpc) is 1.82. The van der Waals surface area contributed by atoms with Crippen LogP contribution in [-0.4, -0.2) is 12.1 Å². The first kappa shape index (κ1) is 8.14. The SMILES string of the molecule is CC=NNC(=O)C(C)C. The standard InChI is InChI=1S/C6H12N2O/c1-4-7-8-6(9)5(2)3/h4-5H,1-3H3,(H,8,9). The fourth-order valence-electron chi connectivity index (χ4n) is 0.257. The molecular formula is C6H12N2O. The van der Waals surface area contributed by atoms with E-state index in [-0.39, 0.29) is 11.8 Å². The summed E-state index contributed by atoms with van der Waals surface area (Å²) >= 11 is 0. The molecule has 0 saturated heterocycles. The molecule has 0 aliphatic rings. The molecule has 0 saturated carbocycles. The topological polar surface area (TPSA) is 41.5 Å². The highest BCUT2D eigenvalue weighted by Crippen LogP contribution is 1.88. The number of hydrazone groups is 1. The zero-order valence-electron chi connectivity index (χ0n) is 6.01. The second-order valence-electron chi connectivity index (χ2n) is 2.02. The summed E-state index contributed by atoms with van der Waals surface area (Å²) in [6.45, 7) is 5.39. The van der Waals surface area contributed by atoms with Crippen LogP contribution in [0, 0.1) is 5.92 Å². The highest BCUT2D eigenvalue weighted by molar-refractivity contribution is 5.78. The first-order valence-corrected chi connectivity index (χ1v) is 2.96. The van der Waals surface area contributed by atoms with Crippen molar-refractivity contribution in [2.24, 2.45) is 11.0 Å². The molecule has 0 aliphatic carbocycles. The zero-order valence-corrected chi connectivity index (χ0v) is 6.01. The van der Waals surface area contributed by atoms with Gasteiger partial charge in [-0.05, 0) is 6.92 Å². The van der Waals surface area contributed by atoms with E-state index in [1.807, 2.05) is 13.8 Å². The number of hydrogen-bond acceptors (Lipinski definition) is 2. The molecule has 0 atom stereocenters. The van der Waals surface area contributed by atoms with Crippen molar-refractivity contribution in [3.8, 4) is 0 Å². The lowest BCUT2D eigenvalue weighted by Crippen LogP contribution is -2.22. The summed E-state index contributed by atoms with van der Waals surface area (Å²) in [5, 5.41) is 3.57. The normalized spacial score (nSPS) is 10.7. The Morgan fingerprint density at radius 1 is 1.67 bits per heavy atom. The van der Waals surface area contributed by atoms with E-state index in [0.717, 1.165) is 0 Å². The molecule has 0 aromatic carbocycles. The summed E-state index contributed by atoms with van der Waals surface area (Å²) in [5.74, 6) is -0.0400. The molecule has 0 aromatic heterocycles. The van der Waals surface area contributed by atoms with Crippen LogP contribution in [0.2, 0.25) is 0 Å². The van der Waals surface area contributed by atoms with Crippen molar-refractivity contribution in [2.75, 3.05) is 0 Å². The van der Waals surface area contributed by atoms with Gasteiger partial charge in [-0.3, -0.25) is 4.79 Å². The van der Waals surface area contributed by atoms with Gasteiger partial charge in [-0.15, -0.1) is 0 Å². The molecule has 0 fully saturated rings. The molecule has 9 heavy (non-hydrogen) atoms. The Bertz CT molecular complexity index is 118. The molecule has 0 aromatic rings. The summed E-state index contributed by atoms with van der Waals surface area (Å²) in [7, 11) is 0. The van der Waals surface area contributed by atoms with Gasteiger partial charge in [0.15, 0.2) is 0 Å². The van der Waals surface area contributed by atoms with Crippen molar-refractivity contribution >= 4 is 12.1 Å². The second kappa shape index (κ2) is 4.06. The molecule has 0 radical (unpaired) electrons. The molecule has 0 aliphatic heterocycles. The Balaban J connectivity index is 3.51. The van der Waals surface area contributed by atoms with E-state index < -0.39 is 0 Å². The Kier molecular flexibility index (Phi) is 3.67. The van der Waals surface area contributed by atoms with Gasteiger partial charge >= 0.3 is 0 Å². The number of carbonyl (C=O) groups is 1. The highest BCUT2D eigenvalue weighted by Gasteiger charge is 2.02. The lowest BCUT2D eigenvalue weighted by molar-refractivity contribution is -0.123. The van der Waals surface area contributed by atoms with E-state index in [1.54, 1.807) is 13.1 Å². The first-order valence-electron chi connectivity index (χ1n) is 2.96. The zero-order chi connectivity index (χ0) is 7.28. The number of nitrogens with zero attached hydrogens (tertiary/aromatic N) is 1. The third kappa shape index (κ3) is 3.70. The van der Waals surface area contributed by atoms with Crippen LogP contribution >= 0.6 is 0 Å². The molecular weight excluding hydrogens is 116 g/mol. The van der Waals surface area contributed by atoms with Gasteiger partial charge < -0.3 is 0 Å². The molecule has 1 N–H and O–H groups in total. The van der Waals surface area contributed by atoms with Gasteiger partial charge in [-0.2, -0.15) is 5.10 Å². The number of nitrogens with one attached hydrogen (secondary N) is 1. The van der Waals surface area contributed by atoms with Gasteiger partial charge in [0.2, 0.25) is 5.91 Å². The smallest absolute Gasteiger partial charge is 0.242 e. The van der Waals surface area contributed by atoms with E-state index >= 15 is 0 Å². The van der Waals surface area contributed by atoms with Crippen molar-refractivity contribution in [3.05, 3.63) is 0 Å². The fraction of sp³-hybridized carbons (Fsp3) is 0.667. The molecule has 0 bridgehead atoms. The quantitative estimate of drug-likeness (QED) is 0.433. The van der Waals surface area contributed by atoms with E-state index in [4.69, 9.17) is 0 Å². The van der Waals surface area contributed by atoms with Crippen molar-refractivity contribution < 1.29 is 4.79 Å². The Morgan fingerprint density at radius 3 is 2.56 bits per heavy atom. The maximum Gasteiger partial charge on any atom is 0.242 e. The lowest BCUT2D eigenvalue weighted by Gasteiger charge is -1.99. The maximum atomic E-state index is 10.7.